The van der Waals surface area contributed by atoms with Gasteiger partial charge < -0.3 is 10.0 Å². The van der Waals surface area contributed by atoms with Crippen LogP contribution in [0.4, 0.5) is 0 Å². The Kier molecular flexibility index (Phi) is 7.57. The minimum atomic E-state index is -0.258. The van der Waals surface area contributed by atoms with E-state index in [2.05, 4.69) is 22.0 Å². The minimum absolute atomic E-state index is 0. The van der Waals surface area contributed by atoms with Gasteiger partial charge in [-0.2, -0.15) is 0 Å². The van der Waals surface area contributed by atoms with E-state index in [0.717, 1.165) is 30.8 Å². The standard InChI is InChI=1S/C20H25N3O2.ClH/c1-22(20(25)13-17-9-5-6-11-21-17)19(16-7-3-2-4-8-16)15-23-12-10-18(24)14-23;/h2-9,11,18-19,24H,10,12-15H2,1H3;1H. The van der Waals surface area contributed by atoms with Crippen LogP contribution in [0.25, 0.3) is 0 Å². The normalized spacial score (nSPS) is 18.2. The molecule has 1 aromatic carbocycles. The Bertz CT molecular complexity index is 684. The number of β-amino-alcohol motifs (C(OH)–C–C–N with tert-alkyl or cyclic N) is 1. The fourth-order valence-electron chi connectivity index (χ4n) is 3.31. The Labute approximate surface area is 161 Å². The molecule has 1 aliphatic rings. The van der Waals surface area contributed by atoms with Gasteiger partial charge in [0.05, 0.1) is 18.6 Å². The summed E-state index contributed by atoms with van der Waals surface area (Å²) in [5.74, 6) is 0.0484. The highest BCUT2D eigenvalue weighted by Crippen LogP contribution is 2.23. The molecule has 6 heteroatoms. The number of aliphatic hydroxyl groups is 1. The summed E-state index contributed by atoms with van der Waals surface area (Å²) in [6.07, 6.45) is 2.55. The Hall–Kier alpha value is -1.95. The number of pyridine rings is 1. The molecule has 3 rings (SSSR count). The predicted octanol–water partition coefficient (Wildman–Crippen LogP) is 2.31. The predicted molar refractivity (Wildman–Crippen MR) is 104 cm³/mol. The molecule has 0 radical (unpaired) electrons. The number of hydrogen-bond acceptors (Lipinski definition) is 4. The minimum Gasteiger partial charge on any atom is -0.392 e. The third-order valence-electron chi connectivity index (χ3n) is 4.78. The largest absolute Gasteiger partial charge is 0.392 e. The highest BCUT2D eigenvalue weighted by atomic mass is 35.5. The van der Waals surface area contributed by atoms with Crippen LogP contribution in [0.2, 0.25) is 0 Å². The molecule has 1 N–H and O–H groups in total. The summed E-state index contributed by atoms with van der Waals surface area (Å²) >= 11 is 0. The molecule has 2 atom stereocenters. The van der Waals surface area contributed by atoms with E-state index in [4.69, 9.17) is 0 Å². The van der Waals surface area contributed by atoms with Crippen molar-refractivity contribution in [1.82, 2.24) is 14.8 Å². The number of carbonyl (C=O) groups excluding carboxylic acids is 1. The second kappa shape index (κ2) is 9.67. The smallest absolute Gasteiger partial charge is 0.228 e. The first kappa shape index (κ1) is 20.4. The first-order valence-electron chi connectivity index (χ1n) is 8.74. The van der Waals surface area contributed by atoms with Crippen LogP contribution in [0.15, 0.2) is 54.7 Å². The zero-order chi connectivity index (χ0) is 17.6. The molecule has 26 heavy (non-hydrogen) atoms. The zero-order valence-corrected chi connectivity index (χ0v) is 15.8. The average Bonchev–Trinajstić information content (AvgIpc) is 3.05. The number of halogens is 1. The number of benzene rings is 1. The van der Waals surface area contributed by atoms with E-state index in [-0.39, 0.29) is 30.5 Å². The van der Waals surface area contributed by atoms with Crippen molar-refractivity contribution in [3.63, 3.8) is 0 Å². The van der Waals surface area contributed by atoms with E-state index in [1.54, 1.807) is 6.20 Å². The van der Waals surface area contributed by atoms with Crippen molar-refractivity contribution in [2.24, 2.45) is 0 Å². The molecule has 1 aromatic heterocycles. The monoisotopic (exact) mass is 375 g/mol. The van der Waals surface area contributed by atoms with Gasteiger partial charge in [0.25, 0.3) is 0 Å². The molecule has 0 aliphatic carbocycles. The highest BCUT2D eigenvalue weighted by Gasteiger charge is 2.28. The molecule has 0 saturated carbocycles. The lowest BCUT2D eigenvalue weighted by Gasteiger charge is -2.32. The maximum atomic E-state index is 12.8. The van der Waals surface area contributed by atoms with Crippen molar-refractivity contribution in [3.05, 3.63) is 66.0 Å². The number of rotatable bonds is 6. The van der Waals surface area contributed by atoms with Gasteiger partial charge in [0.1, 0.15) is 0 Å². The number of likely N-dealkylation sites (N-methyl/N-ethyl adjacent to an activating group) is 1. The molecule has 1 fully saturated rings. The number of nitrogens with zero attached hydrogens (tertiary/aromatic N) is 3. The number of carbonyl (C=O) groups is 1. The van der Waals surface area contributed by atoms with Crippen molar-refractivity contribution >= 4 is 18.3 Å². The van der Waals surface area contributed by atoms with Crippen molar-refractivity contribution in [1.29, 1.82) is 0 Å². The van der Waals surface area contributed by atoms with Crippen LogP contribution in [0.5, 0.6) is 0 Å². The lowest BCUT2D eigenvalue weighted by atomic mass is 10.0. The summed E-state index contributed by atoms with van der Waals surface area (Å²) in [6, 6.07) is 15.7. The van der Waals surface area contributed by atoms with Gasteiger partial charge in [-0.1, -0.05) is 36.4 Å². The summed E-state index contributed by atoms with van der Waals surface area (Å²) in [6.45, 7) is 2.27. The topological polar surface area (TPSA) is 56.7 Å². The number of aromatic nitrogens is 1. The SMILES string of the molecule is CN(C(=O)Cc1ccccn1)C(CN1CCC(O)C1)c1ccccc1.Cl. The molecule has 1 saturated heterocycles. The lowest BCUT2D eigenvalue weighted by Crippen LogP contribution is -2.39. The van der Waals surface area contributed by atoms with Gasteiger partial charge in [-0.15, -0.1) is 12.4 Å². The number of amides is 1. The summed E-state index contributed by atoms with van der Waals surface area (Å²) < 4.78 is 0. The molecule has 2 unspecified atom stereocenters. The fourth-order valence-corrected chi connectivity index (χ4v) is 3.31. The Morgan fingerprint density at radius 1 is 1.27 bits per heavy atom. The first-order valence-corrected chi connectivity index (χ1v) is 8.74. The van der Waals surface area contributed by atoms with Crippen LogP contribution in [0, 0.1) is 0 Å². The maximum Gasteiger partial charge on any atom is 0.228 e. The molecule has 0 spiro atoms. The third-order valence-corrected chi connectivity index (χ3v) is 4.78. The first-order chi connectivity index (χ1) is 12.1. The van der Waals surface area contributed by atoms with Crippen molar-refractivity contribution in [3.8, 4) is 0 Å². The van der Waals surface area contributed by atoms with Crippen LogP contribution in [0.3, 0.4) is 0 Å². The second-order valence-corrected chi connectivity index (χ2v) is 6.63. The van der Waals surface area contributed by atoms with E-state index in [1.807, 2.05) is 48.3 Å². The summed E-state index contributed by atoms with van der Waals surface area (Å²) in [5, 5.41) is 9.80. The van der Waals surface area contributed by atoms with E-state index in [1.165, 1.54) is 0 Å². The molecule has 0 bridgehead atoms. The third kappa shape index (κ3) is 5.27. The molecule has 5 nitrogen and oxygen atoms in total. The van der Waals surface area contributed by atoms with Crippen LogP contribution in [-0.4, -0.2) is 58.6 Å². The lowest BCUT2D eigenvalue weighted by molar-refractivity contribution is -0.131. The van der Waals surface area contributed by atoms with Gasteiger partial charge in [0, 0.05) is 38.6 Å². The Balaban J connectivity index is 0.00000243. The van der Waals surface area contributed by atoms with E-state index < -0.39 is 0 Å². The van der Waals surface area contributed by atoms with Gasteiger partial charge in [0.2, 0.25) is 5.91 Å². The summed E-state index contributed by atoms with van der Waals surface area (Å²) in [5.41, 5.74) is 1.89. The summed E-state index contributed by atoms with van der Waals surface area (Å²) in [7, 11) is 1.86. The van der Waals surface area contributed by atoms with Gasteiger partial charge in [-0.3, -0.25) is 14.7 Å². The summed E-state index contributed by atoms with van der Waals surface area (Å²) in [4.78, 5) is 21.1. The van der Waals surface area contributed by atoms with Crippen LogP contribution < -0.4 is 0 Å². The molecular weight excluding hydrogens is 350 g/mol. The number of aliphatic hydroxyl groups excluding tert-OH is 1. The molecule has 1 aliphatic heterocycles. The molecular formula is C20H26ClN3O2. The van der Waals surface area contributed by atoms with Crippen LogP contribution in [0.1, 0.15) is 23.7 Å². The highest BCUT2D eigenvalue weighted by molar-refractivity contribution is 5.85. The maximum absolute atomic E-state index is 12.8. The average molecular weight is 376 g/mol. The van der Waals surface area contributed by atoms with E-state index in [0.29, 0.717) is 13.0 Å². The van der Waals surface area contributed by atoms with Gasteiger partial charge >= 0.3 is 0 Å². The van der Waals surface area contributed by atoms with Crippen molar-refractivity contribution in [2.45, 2.75) is 25.0 Å². The van der Waals surface area contributed by atoms with Crippen molar-refractivity contribution < 1.29 is 9.90 Å². The Morgan fingerprint density at radius 3 is 2.62 bits per heavy atom. The fraction of sp³-hybridized carbons (Fsp3) is 0.400. The van der Waals surface area contributed by atoms with E-state index in [9.17, 15) is 9.90 Å². The van der Waals surface area contributed by atoms with Gasteiger partial charge in [-0.05, 0) is 24.1 Å². The van der Waals surface area contributed by atoms with E-state index >= 15 is 0 Å². The Morgan fingerprint density at radius 2 is 2.00 bits per heavy atom. The quantitative estimate of drug-likeness (QED) is 0.841. The molecule has 2 aromatic rings. The van der Waals surface area contributed by atoms with Crippen LogP contribution in [-0.2, 0) is 11.2 Å². The van der Waals surface area contributed by atoms with Crippen molar-refractivity contribution in [2.75, 3.05) is 26.7 Å². The second-order valence-electron chi connectivity index (χ2n) is 6.63. The van der Waals surface area contributed by atoms with Gasteiger partial charge in [0.15, 0.2) is 0 Å². The molecule has 1 amide bonds. The molecule has 140 valence electrons. The zero-order valence-electron chi connectivity index (χ0n) is 15.0. The van der Waals surface area contributed by atoms with Gasteiger partial charge in [-0.25, -0.2) is 0 Å². The van der Waals surface area contributed by atoms with Crippen LogP contribution >= 0.6 is 12.4 Å². The molecule has 2 heterocycles. The number of hydrogen-bond donors (Lipinski definition) is 1. The number of likely N-dealkylation sites (tertiary alicyclic amines) is 1.